The number of hydrogen-bond acceptors (Lipinski definition) is 8. The zero-order valence-electron chi connectivity index (χ0n) is 14.8. The number of benzene rings is 1. The summed E-state index contributed by atoms with van der Waals surface area (Å²) in [5, 5.41) is 20.2. The molecule has 0 radical (unpaired) electrons. The molecule has 3 aliphatic heterocycles. The Bertz CT molecular complexity index is 966. The van der Waals surface area contributed by atoms with Gasteiger partial charge in [-0.25, -0.2) is 4.63 Å². The van der Waals surface area contributed by atoms with Crippen molar-refractivity contribution in [2.45, 2.75) is 12.2 Å². The van der Waals surface area contributed by atoms with E-state index >= 15 is 0 Å². The molecule has 1 aromatic carbocycles. The first-order chi connectivity index (χ1) is 13.6. The number of carbonyl (C=O) groups excluding carboxylic acids is 1. The summed E-state index contributed by atoms with van der Waals surface area (Å²) in [6.45, 7) is 2.70. The van der Waals surface area contributed by atoms with Crippen LogP contribution >= 0.6 is 0 Å². The Labute approximate surface area is 159 Å². The Morgan fingerprint density at radius 1 is 1.07 bits per heavy atom. The van der Waals surface area contributed by atoms with Gasteiger partial charge in [-0.1, -0.05) is 12.2 Å². The molecule has 10 nitrogen and oxygen atoms in total. The molecule has 0 spiro atoms. The van der Waals surface area contributed by atoms with Gasteiger partial charge >= 0.3 is 5.97 Å². The number of morpholine rings is 1. The summed E-state index contributed by atoms with van der Waals surface area (Å²) in [5.41, 5.74) is 2.24. The van der Waals surface area contributed by atoms with Gasteiger partial charge in [-0.15, -0.1) is 0 Å². The minimum Gasteiger partial charge on any atom is -0.481 e. The summed E-state index contributed by atoms with van der Waals surface area (Å²) < 4.78 is 15.9. The predicted molar refractivity (Wildman–Crippen MR) is 95.9 cm³/mol. The Morgan fingerprint density at radius 3 is 2.54 bits per heavy atom. The maximum Gasteiger partial charge on any atom is 0.310 e. The maximum absolute atomic E-state index is 12.9. The van der Waals surface area contributed by atoms with Crippen molar-refractivity contribution in [2.24, 2.45) is 11.8 Å². The number of amides is 1. The fourth-order valence-electron chi connectivity index (χ4n) is 4.14. The van der Waals surface area contributed by atoms with Crippen LogP contribution in [0, 0.1) is 11.8 Å². The van der Waals surface area contributed by atoms with E-state index in [1.807, 2.05) is 6.07 Å². The van der Waals surface area contributed by atoms with Crippen LogP contribution < -0.4 is 10.2 Å². The molecule has 5 rings (SSSR count). The van der Waals surface area contributed by atoms with Gasteiger partial charge in [0.1, 0.15) is 5.92 Å². The van der Waals surface area contributed by atoms with Crippen molar-refractivity contribution in [3.8, 4) is 0 Å². The lowest BCUT2D eigenvalue weighted by molar-refractivity contribution is -0.145. The predicted octanol–water partition coefficient (Wildman–Crippen LogP) is 0.652. The van der Waals surface area contributed by atoms with Crippen molar-refractivity contribution < 1.29 is 28.8 Å². The molecule has 3 aliphatic rings. The molecule has 2 N–H and O–H groups in total. The third kappa shape index (κ3) is 2.64. The quantitative estimate of drug-likeness (QED) is 0.728. The van der Waals surface area contributed by atoms with E-state index < -0.39 is 35.9 Å². The standard InChI is InChI=1S/C18H18N4O6/c23-17(13-11-3-4-12(27-11)14(13)18(24)25)19-9-1-2-10(16-15(9)20-28-21-16)22-5-7-26-8-6-22/h1-4,11-14H,5-8H2,(H,19,23)(H,24,25)/t11-,12+,13+,14+/m1/s1. The molecule has 2 fully saturated rings. The van der Waals surface area contributed by atoms with Crippen LogP contribution in [0.5, 0.6) is 0 Å². The lowest BCUT2D eigenvalue weighted by atomic mass is 9.82. The minimum absolute atomic E-state index is 0.420. The van der Waals surface area contributed by atoms with Gasteiger partial charge in [0.05, 0.1) is 42.7 Å². The highest BCUT2D eigenvalue weighted by molar-refractivity contribution is 6.04. The minimum atomic E-state index is -1.05. The van der Waals surface area contributed by atoms with Gasteiger partial charge in [0.15, 0.2) is 11.0 Å². The van der Waals surface area contributed by atoms with Crippen LogP contribution in [-0.4, -0.2) is 65.8 Å². The van der Waals surface area contributed by atoms with Crippen molar-refractivity contribution in [2.75, 3.05) is 36.5 Å². The lowest BCUT2D eigenvalue weighted by Crippen LogP contribution is -2.39. The highest BCUT2D eigenvalue weighted by Crippen LogP contribution is 2.40. The van der Waals surface area contributed by atoms with Gasteiger partial charge < -0.3 is 24.8 Å². The third-order valence-corrected chi connectivity index (χ3v) is 5.49. The van der Waals surface area contributed by atoms with E-state index in [0.717, 1.165) is 18.8 Å². The van der Waals surface area contributed by atoms with Crippen LogP contribution in [0.25, 0.3) is 11.0 Å². The Morgan fingerprint density at radius 2 is 1.79 bits per heavy atom. The van der Waals surface area contributed by atoms with E-state index in [1.165, 1.54) is 0 Å². The average molecular weight is 386 g/mol. The first-order valence-corrected chi connectivity index (χ1v) is 9.09. The SMILES string of the molecule is O=C(O)[C@@H]1[C@@H](C(=O)Nc2ccc(N3CCOCC3)c3nonc23)[C@H]2C=C[C@@H]1O2. The summed E-state index contributed by atoms with van der Waals surface area (Å²) in [6, 6.07) is 3.58. The molecule has 4 atom stereocenters. The number of ether oxygens (including phenoxy) is 2. The molecule has 1 amide bonds. The van der Waals surface area contributed by atoms with Crippen LogP contribution in [0.2, 0.25) is 0 Å². The molecule has 0 unspecified atom stereocenters. The molecule has 2 bridgehead atoms. The van der Waals surface area contributed by atoms with Crippen LogP contribution in [0.4, 0.5) is 11.4 Å². The second-order valence-electron chi connectivity index (χ2n) is 7.02. The first kappa shape index (κ1) is 17.1. The Balaban J connectivity index is 1.43. The number of carboxylic acid groups (broad SMARTS) is 1. The van der Waals surface area contributed by atoms with Crippen LogP contribution in [0.15, 0.2) is 28.9 Å². The number of carboxylic acids is 1. The Hall–Kier alpha value is -2.98. The molecule has 28 heavy (non-hydrogen) atoms. The highest BCUT2D eigenvalue weighted by Gasteiger charge is 2.53. The number of hydrogen-bond donors (Lipinski definition) is 2. The van der Waals surface area contributed by atoms with Crippen molar-refractivity contribution in [1.29, 1.82) is 0 Å². The zero-order chi connectivity index (χ0) is 19.3. The summed E-state index contributed by atoms with van der Waals surface area (Å²) in [6.07, 6.45) is 2.33. The van der Waals surface area contributed by atoms with E-state index in [0.29, 0.717) is 29.9 Å². The number of anilines is 2. The Kier molecular flexibility index (Phi) is 4.02. The molecule has 2 aromatic rings. The van der Waals surface area contributed by atoms with Crippen molar-refractivity contribution in [1.82, 2.24) is 10.3 Å². The summed E-state index contributed by atoms with van der Waals surface area (Å²) in [4.78, 5) is 26.6. The zero-order valence-corrected chi connectivity index (χ0v) is 14.8. The molecule has 4 heterocycles. The number of nitrogens with zero attached hydrogens (tertiary/aromatic N) is 3. The van der Waals surface area contributed by atoms with Crippen molar-refractivity contribution in [3.63, 3.8) is 0 Å². The fraction of sp³-hybridized carbons (Fsp3) is 0.444. The first-order valence-electron chi connectivity index (χ1n) is 9.09. The number of aliphatic carboxylic acids is 1. The molecule has 0 saturated carbocycles. The molecule has 0 aliphatic carbocycles. The third-order valence-electron chi connectivity index (χ3n) is 5.49. The summed E-state index contributed by atoms with van der Waals surface area (Å²) >= 11 is 0. The molecule has 1 aromatic heterocycles. The van der Waals surface area contributed by atoms with Gasteiger partial charge in [-0.2, -0.15) is 0 Å². The maximum atomic E-state index is 12.9. The van der Waals surface area contributed by atoms with Gasteiger partial charge in [0, 0.05) is 13.1 Å². The summed E-state index contributed by atoms with van der Waals surface area (Å²) in [5.74, 6) is -3.18. The number of fused-ring (bicyclic) bond motifs is 3. The van der Waals surface area contributed by atoms with Crippen molar-refractivity contribution in [3.05, 3.63) is 24.3 Å². The van der Waals surface area contributed by atoms with Gasteiger partial charge in [-0.05, 0) is 22.4 Å². The monoisotopic (exact) mass is 386 g/mol. The number of rotatable bonds is 4. The van der Waals surface area contributed by atoms with Crippen LogP contribution in [-0.2, 0) is 19.1 Å². The van der Waals surface area contributed by atoms with E-state index in [4.69, 9.17) is 14.1 Å². The number of nitrogens with one attached hydrogen (secondary N) is 1. The van der Waals surface area contributed by atoms with E-state index in [1.54, 1.807) is 18.2 Å². The topological polar surface area (TPSA) is 127 Å². The molecular weight excluding hydrogens is 368 g/mol. The molecule has 10 heteroatoms. The van der Waals surface area contributed by atoms with Gasteiger partial charge in [0.25, 0.3) is 0 Å². The smallest absolute Gasteiger partial charge is 0.310 e. The second kappa shape index (κ2) is 6.57. The van der Waals surface area contributed by atoms with E-state index in [-0.39, 0.29) is 0 Å². The molecule has 2 saturated heterocycles. The average Bonchev–Trinajstić information content (AvgIpc) is 3.44. The van der Waals surface area contributed by atoms with E-state index in [9.17, 15) is 14.7 Å². The van der Waals surface area contributed by atoms with Crippen LogP contribution in [0.1, 0.15) is 0 Å². The summed E-state index contributed by atoms with van der Waals surface area (Å²) in [7, 11) is 0. The number of aromatic nitrogens is 2. The van der Waals surface area contributed by atoms with Crippen LogP contribution in [0.3, 0.4) is 0 Å². The number of carbonyl (C=O) groups is 2. The van der Waals surface area contributed by atoms with Crippen molar-refractivity contribution >= 4 is 34.3 Å². The largest absolute Gasteiger partial charge is 0.481 e. The highest BCUT2D eigenvalue weighted by atomic mass is 16.6. The fourth-order valence-corrected chi connectivity index (χ4v) is 4.14. The van der Waals surface area contributed by atoms with E-state index in [2.05, 4.69) is 20.5 Å². The second-order valence-corrected chi connectivity index (χ2v) is 7.02. The molecular formula is C18H18N4O6. The lowest BCUT2D eigenvalue weighted by Gasteiger charge is -2.29. The van der Waals surface area contributed by atoms with Gasteiger partial charge in [-0.3, -0.25) is 9.59 Å². The van der Waals surface area contributed by atoms with Gasteiger partial charge in [0.2, 0.25) is 5.91 Å². The normalized spacial score (nSPS) is 28.8. The molecule has 146 valence electrons.